The highest BCUT2D eigenvalue weighted by molar-refractivity contribution is 8.17. The third kappa shape index (κ3) is 2.68. The van der Waals surface area contributed by atoms with Crippen LogP contribution in [0.25, 0.3) is 0 Å². The van der Waals surface area contributed by atoms with Crippen LogP contribution >= 0.6 is 23.5 Å². The van der Waals surface area contributed by atoms with Gasteiger partial charge in [0.15, 0.2) is 0 Å². The minimum absolute atomic E-state index is 0.218. The molecular weight excluding hydrogens is 196 g/mol. The summed E-state index contributed by atoms with van der Waals surface area (Å²) >= 11 is 3.91. The lowest BCUT2D eigenvalue weighted by molar-refractivity contribution is 1.01. The first-order valence-electron chi connectivity index (χ1n) is 4.47. The Morgan fingerprint density at radius 1 is 1.23 bits per heavy atom. The van der Waals surface area contributed by atoms with Crippen molar-refractivity contribution in [1.29, 1.82) is 0 Å². The lowest BCUT2D eigenvalue weighted by atomic mass is 10.2. The molecule has 0 saturated carbocycles. The SMILES string of the molecule is CCSC(C)(SC)c1ccccc1. The van der Waals surface area contributed by atoms with Crippen molar-refractivity contribution in [2.24, 2.45) is 0 Å². The Hall–Kier alpha value is -0.0800. The molecule has 0 radical (unpaired) electrons. The fourth-order valence-electron chi connectivity index (χ4n) is 1.28. The molecule has 1 atom stereocenters. The van der Waals surface area contributed by atoms with E-state index >= 15 is 0 Å². The first-order valence-corrected chi connectivity index (χ1v) is 6.68. The lowest BCUT2D eigenvalue weighted by Gasteiger charge is -2.26. The van der Waals surface area contributed by atoms with Crippen molar-refractivity contribution in [3.8, 4) is 0 Å². The van der Waals surface area contributed by atoms with E-state index in [1.807, 2.05) is 23.5 Å². The van der Waals surface area contributed by atoms with Crippen molar-refractivity contribution < 1.29 is 0 Å². The van der Waals surface area contributed by atoms with Gasteiger partial charge in [-0.25, -0.2) is 0 Å². The Kier molecular flexibility index (Phi) is 4.20. The monoisotopic (exact) mass is 212 g/mol. The van der Waals surface area contributed by atoms with Crippen molar-refractivity contribution >= 4 is 23.5 Å². The third-order valence-corrected chi connectivity index (χ3v) is 5.05. The smallest absolute Gasteiger partial charge is 0.0829 e. The zero-order valence-electron chi connectivity index (χ0n) is 8.41. The maximum atomic E-state index is 2.29. The van der Waals surface area contributed by atoms with Gasteiger partial charge in [0.2, 0.25) is 0 Å². The number of thioether (sulfide) groups is 2. The molecule has 72 valence electrons. The van der Waals surface area contributed by atoms with Gasteiger partial charge in [-0.3, -0.25) is 0 Å². The average molecular weight is 212 g/mol. The second-order valence-electron chi connectivity index (χ2n) is 2.95. The van der Waals surface area contributed by atoms with E-state index in [-0.39, 0.29) is 4.08 Å². The zero-order valence-corrected chi connectivity index (χ0v) is 10.0. The molecule has 0 spiro atoms. The van der Waals surface area contributed by atoms with Gasteiger partial charge in [-0.05, 0) is 24.5 Å². The minimum Gasteiger partial charge on any atom is -0.143 e. The van der Waals surface area contributed by atoms with Crippen molar-refractivity contribution in [3.63, 3.8) is 0 Å². The fraction of sp³-hybridized carbons (Fsp3) is 0.455. The fourth-order valence-corrected chi connectivity index (χ4v) is 3.33. The molecule has 1 aromatic carbocycles. The van der Waals surface area contributed by atoms with E-state index in [1.54, 1.807) is 0 Å². The van der Waals surface area contributed by atoms with E-state index in [9.17, 15) is 0 Å². The molecule has 0 fully saturated rings. The van der Waals surface area contributed by atoms with Gasteiger partial charge < -0.3 is 0 Å². The van der Waals surface area contributed by atoms with E-state index in [0.717, 1.165) is 5.75 Å². The van der Waals surface area contributed by atoms with Crippen LogP contribution in [-0.2, 0) is 4.08 Å². The molecule has 0 aromatic heterocycles. The van der Waals surface area contributed by atoms with Crippen LogP contribution in [0.5, 0.6) is 0 Å². The number of hydrogen-bond acceptors (Lipinski definition) is 2. The summed E-state index contributed by atoms with van der Waals surface area (Å²) in [7, 11) is 0. The summed E-state index contributed by atoms with van der Waals surface area (Å²) in [5.41, 5.74) is 1.41. The summed E-state index contributed by atoms with van der Waals surface area (Å²) in [6, 6.07) is 10.7. The van der Waals surface area contributed by atoms with Crippen LogP contribution in [0.1, 0.15) is 19.4 Å². The molecule has 0 aliphatic heterocycles. The quantitative estimate of drug-likeness (QED) is 0.693. The van der Waals surface area contributed by atoms with Crippen LogP contribution in [0.4, 0.5) is 0 Å². The number of hydrogen-bond donors (Lipinski definition) is 0. The standard InChI is InChI=1S/C11H16S2/c1-4-13-11(2,12-3)10-8-6-5-7-9-10/h5-9H,4H2,1-3H3. The van der Waals surface area contributed by atoms with Gasteiger partial charge in [-0.2, -0.15) is 0 Å². The Labute approximate surface area is 89.5 Å². The van der Waals surface area contributed by atoms with Crippen LogP contribution in [0.3, 0.4) is 0 Å². The third-order valence-electron chi connectivity index (χ3n) is 2.11. The van der Waals surface area contributed by atoms with Gasteiger partial charge in [0, 0.05) is 0 Å². The molecule has 0 aliphatic rings. The van der Waals surface area contributed by atoms with Crippen molar-refractivity contribution in [1.82, 2.24) is 0 Å². The van der Waals surface area contributed by atoms with Gasteiger partial charge in [0.25, 0.3) is 0 Å². The van der Waals surface area contributed by atoms with E-state index in [0.29, 0.717) is 0 Å². The molecule has 0 N–H and O–H groups in total. The Morgan fingerprint density at radius 2 is 1.85 bits per heavy atom. The maximum Gasteiger partial charge on any atom is 0.0829 e. The normalized spacial score (nSPS) is 15.3. The Bertz CT molecular complexity index is 246. The largest absolute Gasteiger partial charge is 0.143 e. The highest BCUT2D eigenvalue weighted by Crippen LogP contribution is 2.44. The van der Waals surface area contributed by atoms with Crippen LogP contribution in [0, 0.1) is 0 Å². The minimum atomic E-state index is 0.218. The second-order valence-corrected chi connectivity index (χ2v) is 6.11. The summed E-state index contributed by atoms with van der Waals surface area (Å²) in [6.45, 7) is 4.50. The predicted molar refractivity (Wildman–Crippen MR) is 65.4 cm³/mol. The molecule has 0 amide bonds. The van der Waals surface area contributed by atoms with Gasteiger partial charge in [-0.15, -0.1) is 23.5 Å². The number of benzene rings is 1. The van der Waals surface area contributed by atoms with Crippen LogP contribution in [0.2, 0.25) is 0 Å². The van der Waals surface area contributed by atoms with Crippen LogP contribution in [-0.4, -0.2) is 12.0 Å². The molecule has 1 rings (SSSR count). The summed E-state index contributed by atoms with van der Waals surface area (Å²) < 4.78 is 0.218. The van der Waals surface area contributed by atoms with Crippen molar-refractivity contribution in [2.45, 2.75) is 17.9 Å². The number of rotatable bonds is 4. The van der Waals surface area contributed by atoms with Crippen molar-refractivity contribution in [2.75, 3.05) is 12.0 Å². The highest BCUT2D eigenvalue weighted by Gasteiger charge is 2.24. The second kappa shape index (κ2) is 4.97. The van der Waals surface area contributed by atoms with Gasteiger partial charge in [0.05, 0.1) is 4.08 Å². The molecular formula is C11H16S2. The van der Waals surface area contributed by atoms with Crippen molar-refractivity contribution in [3.05, 3.63) is 35.9 Å². The summed E-state index contributed by atoms with van der Waals surface area (Å²) in [4.78, 5) is 0. The van der Waals surface area contributed by atoms with Gasteiger partial charge >= 0.3 is 0 Å². The Morgan fingerprint density at radius 3 is 2.31 bits per heavy atom. The van der Waals surface area contributed by atoms with E-state index in [1.165, 1.54) is 5.56 Å². The summed E-state index contributed by atoms with van der Waals surface area (Å²) in [6.07, 6.45) is 2.18. The summed E-state index contributed by atoms with van der Waals surface area (Å²) in [5.74, 6) is 1.16. The van der Waals surface area contributed by atoms with Gasteiger partial charge in [0.1, 0.15) is 0 Å². The predicted octanol–water partition coefficient (Wildman–Crippen LogP) is 3.98. The maximum absolute atomic E-state index is 2.29. The topological polar surface area (TPSA) is 0 Å². The van der Waals surface area contributed by atoms with E-state index < -0.39 is 0 Å². The summed E-state index contributed by atoms with van der Waals surface area (Å²) in [5, 5.41) is 0. The molecule has 0 aliphatic carbocycles. The van der Waals surface area contributed by atoms with Crippen LogP contribution < -0.4 is 0 Å². The molecule has 2 heteroatoms. The Balaban J connectivity index is 2.89. The van der Waals surface area contributed by atoms with Gasteiger partial charge in [-0.1, -0.05) is 37.3 Å². The highest BCUT2D eigenvalue weighted by atomic mass is 32.2. The average Bonchev–Trinajstić information content (AvgIpc) is 2.19. The van der Waals surface area contributed by atoms with E-state index in [2.05, 4.69) is 50.4 Å². The molecule has 0 heterocycles. The first kappa shape index (κ1) is 11.0. The molecule has 0 bridgehead atoms. The molecule has 1 aromatic rings. The van der Waals surface area contributed by atoms with Crippen LogP contribution in [0.15, 0.2) is 30.3 Å². The molecule has 1 unspecified atom stereocenters. The molecule has 0 nitrogen and oxygen atoms in total. The lowest BCUT2D eigenvalue weighted by Crippen LogP contribution is -2.11. The molecule has 13 heavy (non-hydrogen) atoms. The first-order chi connectivity index (χ1) is 6.23. The van der Waals surface area contributed by atoms with E-state index in [4.69, 9.17) is 0 Å². The zero-order chi connectivity index (χ0) is 9.73. The molecule has 0 saturated heterocycles.